The lowest BCUT2D eigenvalue weighted by atomic mass is 10.0. The Morgan fingerprint density at radius 2 is 0.968 bits per heavy atom. The number of hydrogen-bond acceptors (Lipinski definition) is 4. The van der Waals surface area contributed by atoms with E-state index in [9.17, 15) is 10.2 Å². The SMILES string of the molecule is CCCCCCCCCCCCCCCCCNC(CNC(C)C(O)CC)C(O)CC. The van der Waals surface area contributed by atoms with E-state index in [4.69, 9.17) is 0 Å². The maximum Gasteiger partial charge on any atom is 0.0703 e. The molecule has 4 N–H and O–H groups in total. The van der Waals surface area contributed by atoms with Gasteiger partial charge in [0, 0.05) is 18.6 Å². The van der Waals surface area contributed by atoms with Gasteiger partial charge in [0.2, 0.25) is 0 Å². The molecule has 0 aliphatic carbocycles. The van der Waals surface area contributed by atoms with Gasteiger partial charge in [-0.1, -0.05) is 111 Å². The van der Waals surface area contributed by atoms with Crippen molar-refractivity contribution in [1.29, 1.82) is 0 Å². The number of rotatable bonds is 24. The second-order valence-electron chi connectivity index (χ2n) is 9.66. The highest BCUT2D eigenvalue weighted by Gasteiger charge is 2.19. The van der Waals surface area contributed by atoms with Gasteiger partial charge in [-0.3, -0.25) is 0 Å². The second-order valence-corrected chi connectivity index (χ2v) is 9.66. The monoisotopic (exact) mass is 442 g/mol. The fraction of sp³-hybridized carbons (Fsp3) is 1.00. The number of aliphatic hydroxyl groups is 2. The zero-order valence-corrected chi connectivity index (χ0v) is 21.6. The van der Waals surface area contributed by atoms with Crippen molar-refractivity contribution in [2.24, 2.45) is 0 Å². The summed E-state index contributed by atoms with van der Waals surface area (Å²) in [5.41, 5.74) is 0. The van der Waals surface area contributed by atoms with E-state index < -0.39 is 0 Å². The Hall–Kier alpha value is -0.160. The number of aliphatic hydroxyl groups excluding tert-OH is 2. The molecule has 0 saturated carbocycles. The molecule has 0 aromatic carbocycles. The van der Waals surface area contributed by atoms with Crippen molar-refractivity contribution in [2.75, 3.05) is 13.1 Å². The van der Waals surface area contributed by atoms with Crippen LogP contribution in [0.4, 0.5) is 0 Å². The summed E-state index contributed by atoms with van der Waals surface area (Å²) in [6.07, 6.45) is 21.6. The minimum absolute atomic E-state index is 0.0585. The highest BCUT2D eigenvalue weighted by Crippen LogP contribution is 2.13. The molecule has 0 saturated heterocycles. The zero-order chi connectivity index (χ0) is 23.2. The Morgan fingerprint density at radius 1 is 0.548 bits per heavy atom. The van der Waals surface area contributed by atoms with Gasteiger partial charge in [-0.2, -0.15) is 0 Å². The van der Waals surface area contributed by atoms with Gasteiger partial charge < -0.3 is 20.8 Å². The molecule has 0 amide bonds. The average Bonchev–Trinajstić information content (AvgIpc) is 2.79. The summed E-state index contributed by atoms with van der Waals surface area (Å²) in [5.74, 6) is 0. The molecule has 0 fully saturated rings. The molecule has 4 atom stereocenters. The van der Waals surface area contributed by atoms with Gasteiger partial charge in [-0.15, -0.1) is 0 Å². The molecule has 0 bridgehead atoms. The van der Waals surface area contributed by atoms with Crippen LogP contribution in [0, 0.1) is 0 Å². The summed E-state index contributed by atoms with van der Waals surface area (Å²) >= 11 is 0. The molecule has 4 nitrogen and oxygen atoms in total. The smallest absolute Gasteiger partial charge is 0.0703 e. The maximum absolute atomic E-state index is 10.3. The van der Waals surface area contributed by atoms with Crippen LogP contribution in [-0.2, 0) is 0 Å². The fourth-order valence-corrected chi connectivity index (χ4v) is 4.21. The zero-order valence-electron chi connectivity index (χ0n) is 21.6. The Bertz CT molecular complexity index is 354. The van der Waals surface area contributed by atoms with E-state index in [0.717, 1.165) is 19.4 Å². The molecule has 0 aliphatic rings. The molecule has 4 heteroatoms. The normalized spacial score (nSPS) is 15.7. The molecule has 0 aromatic heterocycles. The summed E-state index contributed by atoms with van der Waals surface area (Å²) in [5, 5.41) is 27.1. The third-order valence-electron chi connectivity index (χ3n) is 6.72. The van der Waals surface area contributed by atoms with Crippen LogP contribution in [0.25, 0.3) is 0 Å². The van der Waals surface area contributed by atoms with E-state index >= 15 is 0 Å². The Kier molecular flexibility index (Phi) is 22.9. The third kappa shape index (κ3) is 19.1. The molecule has 31 heavy (non-hydrogen) atoms. The van der Waals surface area contributed by atoms with Crippen molar-refractivity contribution in [3.05, 3.63) is 0 Å². The van der Waals surface area contributed by atoms with Gasteiger partial charge in [0.1, 0.15) is 0 Å². The average molecular weight is 443 g/mol. The summed E-state index contributed by atoms with van der Waals surface area (Å²) in [6.45, 7) is 9.98. The Balaban J connectivity index is 3.56. The van der Waals surface area contributed by atoms with E-state index in [0.29, 0.717) is 6.54 Å². The Labute approximate surface area is 195 Å². The van der Waals surface area contributed by atoms with E-state index in [1.165, 1.54) is 96.3 Å². The first-order valence-corrected chi connectivity index (χ1v) is 13.9. The first-order valence-electron chi connectivity index (χ1n) is 13.9. The summed E-state index contributed by atoms with van der Waals surface area (Å²) in [4.78, 5) is 0. The van der Waals surface area contributed by atoms with Gasteiger partial charge in [-0.05, 0) is 32.7 Å². The summed E-state index contributed by atoms with van der Waals surface area (Å²) < 4.78 is 0. The van der Waals surface area contributed by atoms with E-state index in [2.05, 4.69) is 17.6 Å². The third-order valence-corrected chi connectivity index (χ3v) is 6.72. The minimum atomic E-state index is -0.338. The first kappa shape index (κ1) is 30.8. The van der Waals surface area contributed by atoms with E-state index in [-0.39, 0.29) is 24.3 Å². The van der Waals surface area contributed by atoms with Gasteiger partial charge in [0.15, 0.2) is 0 Å². The van der Waals surface area contributed by atoms with Crippen LogP contribution < -0.4 is 10.6 Å². The quantitative estimate of drug-likeness (QED) is 0.132. The lowest BCUT2D eigenvalue weighted by Gasteiger charge is -2.27. The van der Waals surface area contributed by atoms with Crippen molar-refractivity contribution < 1.29 is 10.2 Å². The largest absolute Gasteiger partial charge is 0.392 e. The molecule has 0 rings (SSSR count). The molecule has 0 aliphatic heterocycles. The van der Waals surface area contributed by atoms with Crippen LogP contribution in [0.1, 0.15) is 137 Å². The maximum atomic E-state index is 10.3. The van der Waals surface area contributed by atoms with Crippen LogP contribution in [-0.4, -0.2) is 47.6 Å². The van der Waals surface area contributed by atoms with E-state index in [1.807, 2.05) is 20.8 Å². The fourth-order valence-electron chi connectivity index (χ4n) is 4.21. The van der Waals surface area contributed by atoms with Crippen LogP contribution in [0.2, 0.25) is 0 Å². The summed E-state index contributed by atoms with van der Waals surface area (Å²) in [7, 11) is 0. The lowest BCUT2D eigenvalue weighted by Crippen LogP contribution is -2.50. The molecular formula is C27H58N2O2. The van der Waals surface area contributed by atoms with E-state index in [1.54, 1.807) is 0 Å². The van der Waals surface area contributed by atoms with Gasteiger partial charge in [0.25, 0.3) is 0 Å². The minimum Gasteiger partial charge on any atom is -0.392 e. The van der Waals surface area contributed by atoms with Crippen LogP contribution in [0.3, 0.4) is 0 Å². The molecule has 4 unspecified atom stereocenters. The predicted octanol–water partition coefficient (Wildman–Crippen LogP) is 6.34. The van der Waals surface area contributed by atoms with Gasteiger partial charge >= 0.3 is 0 Å². The number of hydrogen-bond donors (Lipinski definition) is 4. The van der Waals surface area contributed by atoms with Crippen molar-refractivity contribution >= 4 is 0 Å². The molecule has 0 radical (unpaired) electrons. The predicted molar refractivity (Wildman–Crippen MR) is 137 cm³/mol. The van der Waals surface area contributed by atoms with Crippen molar-refractivity contribution in [1.82, 2.24) is 10.6 Å². The molecule has 188 valence electrons. The van der Waals surface area contributed by atoms with Gasteiger partial charge in [-0.25, -0.2) is 0 Å². The number of unbranched alkanes of at least 4 members (excludes halogenated alkanes) is 14. The molecule has 0 heterocycles. The van der Waals surface area contributed by atoms with Crippen LogP contribution in [0.5, 0.6) is 0 Å². The van der Waals surface area contributed by atoms with Crippen molar-refractivity contribution in [2.45, 2.75) is 161 Å². The second kappa shape index (κ2) is 23.0. The highest BCUT2D eigenvalue weighted by atomic mass is 16.3. The first-order chi connectivity index (χ1) is 15.1. The Morgan fingerprint density at radius 3 is 1.39 bits per heavy atom. The summed E-state index contributed by atoms with van der Waals surface area (Å²) in [6, 6.07) is 0.118. The van der Waals surface area contributed by atoms with Crippen molar-refractivity contribution in [3.63, 3.8) is 0 Å². The molecule has 0 aromatic rings. The van der Waals surface area contributed by atoms with Crippen LogP contribution in [0.15, 0.2) is 0 Å². The number of nitrogens with one attached hydrogen (secondary N) is 2. The molecule has 0 spiro atoms. The lowest BCUT2D eigenvalue weighted by molar-refractivity contribution is 0.103. The topological polar surface area (TPSA) is 64.5 Å². The van der Waals surface area contributed by atoms with Gasteiger partial charge in [0.05, 0.1) is 12.2 Å². The standard InChI is InChI=1S/C27H58N2O2/c1-5-8-9-10-11-12-13-14-15-16-17-18-19-20-21-22-28-25(27(31)7-3)23-29-24(4)26(30)6-2/h24-31H,5-23H2,1-4H3. The van der Waals surface area contributed by atoms with Crippen molar-refractivity contribution in [3.8, 4) is 0 Å². The highest BCUT2D eigenvalue weighted by molar-refractivity contribution is 4.80. The van der Waals surface area contributed by atoms with Crippen LogP contribution >= 0.6 is 0 Å². The molecular weight excluding hydrogens is 384 g/mol.